The van der Waals surface area contributed by atoms with Crippen molar-refractivity contribution in [3.05, 3.63) is 45.7 Å². The van der Waals surface area contributed by atoms with Gasteiger partial charge in [0.15, 0.2) is 6.10 Å². The summed E-state index contributed by atoms with van der Waals surface area (Å²) in [6.07, 6.45) is 6.88. The molecule has 2 aliphatic rings. The summed E-state index contributed by atoms with van der Waals surface area (Å²) in [6, 6.07) is 4.62. The number of piperidine rings is 1. The van der Waals surface area contributed by atoms with Crippen LogP contribution in [0.25, 0.3) is 0 Å². The summed E-state index contributed by atoms with van der Waals surface area (Å²) in [5, 5.41) is 7.18. The molecule has 3 heterocycles. The number of rotatable bonds is 5. The summed E-state index contributed by atoms with van der Waals surface area (Å²) >= 11 is 1.60. The molecule has 1 fully saturated rings. The van der Waals surface area contributed by atoms with E-state index in [9.17, 15) is 9.18 Å². The second-order valence-electron chi connectivity index (χ2n) is 7.33. The van der Waals surface area contributed by atoms with Crippen molar-refractivity contribution in [1.82, 2.24) is 9.88 Å². The van der Waals surface area contributed by atoms with E-state index in [-0.39, 0.29) is 12.5 Å². The SMILES string of the molecule is C#CCOc1cccc(F)c1[C@@H]1CC(c2csc(C3CCN(C(C)=O)CC3)n2)=NO1. The number of likely N-dealkylation sites (tertiary alicyclic amines) is 1. The monoisotopic (exact) mass is 427 g/mol. The minimum Gasteiger partial charge on any atom is -0.480 e. The zero-order chi connectivity index (χ0) is 21.1. The fourth-order valence-corrected chi connectivity index (χ4v) is 4.81. The first-order valence-corrected chi connectivity index (χ1v) is 10.7. The molecule has 0 saturated carbocycles. The molecule has 156 valence electrons. The maximum Gasteiger partial charge on any atom is 0.219 e. The van der Waals surface area contributed by atoms with Crippen molar-refractivity contribution >= 4 is 23.0 Å². The van der Waals surface area contributed by atoms with Gasteiger partial charge in [-0.2, -0.15) is 0 Å². The summed E-state index contributed by atoms with van der Waals surface area (Å²) < 4.78 is 20.0. The predicted molar refractivity (Wildman–Crippen MR) is 112 cm³/mol. The molecule has 1 aromatic carbocycles. The smallest absolute Gasteiger partial charge is 0.219 e. The van der Waals surface area contributed by atoms with Crippen LogP contribution < -0.4 is 4.74 Å². The topological polar surface area (TPSA) is 64.0 Å². The lowest BCUT2D eigenvalue weighted by molar-refractivity contribution is -0.129. The highest BCUT2D eigenvalue weighted by molar-refractivity contribution is 7.10. The number of hydrogen-bond acceptors (Lipinski definition) is 6. The van der Waals surface area contributed by atoms with Gasteiger partial charge in [0.25, 0.3) is 0 Å². The fourth-order valence-electron chi connectivity index (χ4n) is 3.81. The molecule has 1 saturated heterocycles. The fraction of sp³-hybridized carbons (Fsp3) is 0.409. The number of halogens is 1. The summed E-state index contributed by atoms with van der Waals surface area (Å²) in [6.45, 7) is 3.17. The van der Waals surface area contributed by atoms with Gasteiger partial charge >= 0.3 is 0 Å². The molecular formula is C22H22FN3O3S. The number of benzene rings is 1. The van der Waals surface area contributed by atoms with E-state index in [1.54, 1.807) is 30.4 Å². The minimum atomic E-state index is -0.585. The lowest BCUT2D eigenvalue weighted by atomic mass is 9.97. The molecule has 1 atom stereocenters. The highest BCUT2D eigenvalue weighted by Crippen LogP contribution is 2.38. The van der Waals surface area contributed by atoms with Gasteiger partial charge in [-0.05, 0) is 25.0 Å². The molecule has 30 heavy (non-hydrogen) atoms. The normalized spacial score (nSPS) is 19.2. The van der Waals surface area contributed by atoms with E-state index in [1.165, 1.54) is 6.07 Å². The number of thiazole rings is 1. The lowest BCUT2D eigenvalue weighted by Gasteiger charge is -2.30. The van der Waals surface area contributed by atoms with E-state index in [0.29, 0.717) is 29.4 Å². The third-order valence-corrected chi connectivity index (χ3v) is 6.43. The Bertz CT molecular complexity index is 1010. The van der Waals surface area contributed by atoms with Crippen LogP contribution >= 0.6 is 11.3 Å². The van der Waals surface area contributed by atoms with Gasteiger partial charge in [-0.25, -0.2) is 9.37 Å². The second kappa shape index (κ2) is 8.84. The van der Waals surface area contributed by atoms with Gasteiger partial charge < -0.3 is 14.5 Å². The van der Waals surface area contributed by atoms with Gasteiger partial charge in [-0.15, -0.1) is 17.8 Å². The van der Waals surface area contributed by atoms with Crippen molar-refractivity contribution in [1.29, 1.82) is 0 Å². The van der Waals surface area contributed by atoms with Gasteiger partial charge in [0.1, 0.15) is 23.9 Å². The second-order valence-corrected chi connectivity index (χ2v) is 8.22. The number of carbonyl (C=O) groups excluding carboxylic acids is 1. The quantitative estimate of drug-likeness (QED) is 0.680. The van der Waals surface area contributed by atoms with Crippen molar-refractivity contribution in [3.8, 4) is 18.1 Å². The number of nitrogens with zero attached hydrogens (tertiary/aromatic N) is 3. The molecule has 4 rings (SSSR count). The average Bonchev–Trinajstić information content (AvgIpc) is 3.42. The van der Waals surface area contributed by atoms with E-state index in [4.69, 9.17) is 21.0 Å². The zero-order valence-electron chi connectivity index (χ0n) is 16.6. The minimum absolute atomic E-state index is 0.0504. The molecule has 2 aliphatic heterocycles. The van der Waals surface area contributed by atoms with Gasteiger partial charge in [0, 0.05) is 37.7 Å². The molecule has 8 heteroatoms. The molecule has 0 bridgehead atoms. The molecular weight excluding hydrogens is 405 g/mol. The number of oxime groups is 1. The number of aromatic nitrogens is 1. The van der Waals surface area contributed by atoms with Gasteiger partial charge in [-0.1, -0.05) is 17.1 Å². The Morgan fingerprint density at radius 3 is 2.97 bits per heavy atom. The molecule has 1 aromatic heterocycles. The highest BCUT2D eigenvalue weighted by Gasteiger charge is 2.31. The van der Waals surface area contributed by atoms with E-state index in [2.05, 4.69) is 11.1 Å². The Hall–Kier alpha value is -2.92. The van der Waals surface area contributed by atoms with Crippen molar-refractivity contribution in [2.45, 2.75) is 38.2 Å². The summed E-state index contributed by atoms with van der Waals surface area (Å²) in [4.78, 5) is 23.7. The number of amides is 1. The molecule has 6 nitrogen and oxygen atoms in total. The van der Waals surface area contributed by atoms with Gasteiger partial charge in [0.05, 0.1) is 16.3 Å². The molecule has 0 radical (unpaired) electrons. The average molecular weight is 428 g/mol. The van der Waals surface area contributed by atoms with Crippen LogP contribution in [0, 0.1) is 18.2 Å². The van der Waals surface area contributed by atoms with E-state index in [1.807, 2.05) is 10.3 Å². The van der Waals surface area contributed by atoms with Crippen LogP contribution in [0.5, 0.6) is 5.75 Å². The van der Waals surface area contributed by atoms with E-state index < -0.39 is 11.9 Å². The lowest BCUT2D eigenvalue weighted by Crippen LogP contribution is -2.36. The van der Waals surface area contributed by atoms with E-state index >= 15 is 0 Å². The molecule has 0 aliphatic carbocycles. The maximum absolute atomic E-state index is 14.5. The predicted octanol–water partition coefficient (Wildman–Crippen LogP) is 3.89. The molecule has 1 amide bonds. The first kappa shape index (κ1) is 20.4. The number of carbonyl (C=O) groups is 1. The first-order valence-electron chi connectivity index (χ1n) is 9.85. The van der Waals surface area contributed by atoms with Crippen LogP contribution in [0.3, 0.4) is 0 Å². The molecule has 2 aromatic rings. The van der Waals surface area contributed by atoms with Gasteiger partial charge in [0.2, 0.25) is 5.91 Å². The maximum atomic E-state index is 14.5. The largest absolute Gasteiger partial charge is 0.480 e. The van der Waals surface area contributed by atoms with E-state index in [0.717, 1.165) is 36.6 Å². The van der Waals surface area contributed by atoms with Crippen LogP contribution in [0.15, 0.2) is 28.7 Å². The summed E-state index contributed by atoms with van der Waals surface area (Å²) in [5.74, 6) is 2.80. The first-order chi connectivity index (χ1) is 14.6. The summed E-state index contributed by atoms with van der Waals surface area (Å²) in [7, 11) is 0. The standard InChI is InChI=1S/C22H22FN3O3S/c1-3-11-28-19-6-4-5-16(23)21(19)20-12-17(25-29-20)18-13-30-22(24-18)15-7-9-26(10-8-15)14(2)27/h1,4-6,13,15,20H,7-12H2,2H3/t20-/m0/s1. The Morgan fingerprint density at radius 2 is 2.23 bits per heavy atom. The highest BCUT2D eigenvalue weighted by atomic mass is 32.1. The van der Waals surface area contributed by atoms with Crippen molar-refractivity contribution in [2.24, 2.45) is 5.16 Å². The summed E-state index contributed by atoms with van der Waals surface area (Å²) in [5.41, 5.74) is 1.77. The third kappa shape index (κ3) is 4.17. The number of ether oxygens (including phenoxy) is 1. The molecule has 0 spiro atoms. The third-order valence-electron chi connectivity index (χ3n) is 5.42. The van der Waals surface area contributed by atoms with Gasteiger partial charge in [-0.3, -0.25) is 4.79 Å². The zero-order valence-corrected chi connectivity index (χ0v) is 17.5. The molecule has 0 unspecified atom stereocenters. The van der Waals surface area contributed by atoms with Crippen LogP contribution in [-0.2, 0) is 9.63 Å². The van der Waals surface area contributed by atoms with Crippen LogP contribution in [0.1, 0.15) is 54.5 Å². The number of hydrogen-bond donors (Lipinski definition) is 0. The number of terminal acetylenes is 1. The Kier molecular flexibility index (Phi) is 6.00. The van der Waals surface area contributed by atoms with Crippen molar-refractivity contribution in [2.75, 3.05) is 19.7 Å². The Morgan fingerprint density at radius 1 is 1.43 bits per heavy atom. The molecule has 0 N–H and O–H groups in total. The van der Waals surface area contributed by atoms with Crippen molar-refractivity contribution in [3.63, 3.8) is 0 Å². The Labute approximate surface area is 178 Å². The van der Waals surface area contributed by atoms with Crippen molar-refractivity contribution < 1.29 is 18.8 Å². The Balaban J connectivity index is 1.44. The van der Waals surface area contributed by atoms with Crippen LogP contribution in [-0.4, -0.2) is 41.2 Å². The van der Waals surface area contributed by atoms with Crippen LogP contribution in [0.2, 0.25) is 0 Å². The van der Waals surface area contributed by atoms with Crippen LogP contribution in [0.4, 0.5) is 4.39 Å².